The van der Waals surface area contributed by atoms with Crippen molar-refractivity contribution in [3.8, 4) is 22.6 Å². The molecule has 0 aliphatic carbocycles. The average Bonchev–Trinajstić information content (AvgIpc) is 3.34. The van der Waals surface area contributed by atoms with Crippen molar-refractivity contribution in [1.82, 2.24) is 16.5 Å². The molecule has 0 fully saturated rings. The van der Waals surface area contributed by atoms with Crippen LogP contribution in [0.4, 0.5) is 0 Å². The van der Waals surface area contributed by atoms with E-state index in [1.165, 1.54) is 0 Å². The van der Waals surface area contributed by atoms with Crippen molar-refractivity contribution < 1.29 is 14.6 Å². The molecular formula is C27H30N4O3. The number of hydrazine groups is 2. The lowest BCUT2D eigenvalue weighted by Gasteiger charge is -2.18. The van der Waals surface area contributed by atoms with Crippen molar-refractivity contribution in [2.24, 2.45) is 10.5 Å². The zero-order chi connectivity index (χ0) is 24.3. The van der Waals surface area contributed by atoms with Crippen LogP contribution in [0.15, 0.2) is 65.8 Å². The van der Waals surface area contributed by atoms with Crippen LogP contribution in [0.1, 0.15) is 54.2 Å². The Morgan fingerprint density at radius 3 is 2.41 bits per heavy atom. The molecule has 3 aromatic carbocycles. The molecule has 0 radical (unpaired) electrons. The largest absolute Gasteiger partial charge is 0.507 e. The predicted octanol–water partition coefficient (Wildman–Crippen LogP) is 4.84. The maximum Gasteiger partial charge on any atom is 0.170 e. The Morgan fingerprint density at radius 1 is 1.00 bits per heavy atom. The highest BCUT2D eigenvalue weighted by Crippen LogP contribution is 2.34. The number of amidine groups is 1. The minimum atomic E-state index is -0.147. The summed E-state index contributed by atoms with van der Waals surface area (Å²) in [5, 5.41) is 14.8. The number of aromatic hydroxyl groups is 1. The average molecular weight is 459 g/mol. The fraction of sp³-hybridized carbons (Fsp3) is 0.259. The summed E-state index contributed by atoms with van der Waals surface area (Å²) in [6, 6.07) is 19.6. The quantitative estimate of drug-likeness (QED) is 0.379. The van der Waals surface area contributed by atoms with Gasteiger partial charge in [-0.3, -0.25) is 10.2 Å². The highest BCUT2D eigenvalue weighted by atomic mass is 16.5. The predicted molar refractivity (Wildman–Crippen MR) is 133 cm³/mol. The van der Waals surface area contributed by atoms with Gasteiger partial charge >= 0.3 is 0 Å². The third kappa shape index (κ3) is 5.38. The second kappa shape index (κ2) is 9.57. The molecule has 0 spiro atoms. The number of ketones is 1. The van der Waals surface area contributed by atoms with Crippen LogP contribution in [0.25, 0.3) is 11.1 Å². The number of hydrogen-bond acceptors (Lipinski definition) is 7. The first-order chi connectivity index (χ1) is 16.2. The molecule has 7 heteroatoms. The van der Waals surface area contributed by atoms with Gasteiger partial charge in [0.15, 0.2) is 11.6 Å². The van der Waals surface area contributed by atoms with Gasteiger partial charge in [-0.25, -0.2) is 5.53 Å². The summed E-state index contributed by atoms with van der Waals surface area (Å²) in [7, 11) is 0. The molecule has 0 aromatic heterocycles. The zero-order valence-corrected chi connectivity index (χ0v) is 19.9. The zero-order valence-electron chi connectivity index (χ0n) is 19.9. The highest BCUT2D eigenvalue weighted by Gasteiger charge is 2.21. The maximum atomic E-state index is 12.6. The molecule has 34 heavy (non-hydrogen) atoms. The number of nitrogens with one attached hydrogen (secondary N) is 3. The van der Waals surface area contributed by atoms with Crippen LogP contribution in [-0.2, 0) is 6.61 Å². The van der Waals surface area contributed by atoms with Crippen molar-refractivity contribution in [3.05, 3.63) is 82.9 Å². The number of phenolic OH excluding ortho intramolecular Hbond substituents is 1. The molecule has 4 N–H and O–H groups in total. The smallest absolute Gasteiger partial charge is 0.170 e. The van der Waals surface area contributed by atoms with E-state index in [1.807, 2.05) is 45.0 Å². The first-order valence-electron chi connectivity index (χ1n) is 11.2. The Hall–Kier alpha value is -3.84. The number of Topliss-reactive ketones (excluding diaryl/α,β-unsaturated/α-hetero) is 1. The first-order valence-corrected chi connectivity index (χ1v) is 11.2. The van der Waals surface area contributed by atoms with Crippen LogP contribution in [0, 0.1) is 12.3 Å². The van der Waals surface area contributed by atoms with Crippen molar-refractivity contribution in [1.29, 1.82) is 0 Å². The van der Waals surface area contributed by atoms with Crippen molar-refractivity contribution in [3.63, 3.8) is 0 Å². The van der Waals surface area contributed by atoms with E-state index >= 15 is 0 Å². The normalized spacial score (nSPS) is 13.1. The van der Waals surface area contributed by atoms with Gasteiger partial charge in [-0.15, -0.1) is 10.6 Å². The Labute approximate surface area is 199 Å². The van der Waals surface area contributed by atoms with Gasteiger partial charge in [-0.1, -0.05) is 57.2 Å². The number of carbonyl (C=O) groups is 1. The monoisotopic (exact) mass is 458 g/mol. The highest BCUT2D eigenvalue weighted by molar-refractivity contribution is 6.00. The number of nitrogens with zero attached hydrogens (tertiary/aromatic N) is 1. The Bertz CT molecular complexity index is 1240. The lowest BCUT2D eigenvalue weighted by Crippen LogP contribution is -2.35. The number of phenols is 1. The van der Waals surface area contributed by atoms with E-state index in [4.69, 9.17) is 4.74 Å². The summed E-state index contributed by atoms with van der Waals surface area (Å²) >= 11 is 0. The van der Waals surface area contributed by atoms with Crippen molar-refractivity contribution in [2.45, 2.75) is 40.7 Å². The molecule has 1 aliphatic rings. The molecule has 0 atom stereocenters. The van der Waals surface area contributed by atoms with Crippen molar-refractivity contribution in [2.75, 3.05) is 0 Å². The Balaban J connectivity index is 1.49. The molecule has 4 rings (SSSR count). The molecule has 0 amide bonds. The van der Waals surface area contributed by atoms with Gasteiger partial charge in [0.25, 0.3) is 0 Å². The van der Waals surface area contributed by atoms with Gasteiger partial charge in [0.2, 0.25) is 0 Å². The lowest BCUT2D eigenvalue weighted by atomic mass is 9.87. The summed E-state index contributed by atoms with van der Waals surface area (Å²) in [4.78, 5) is 12.6. The summed E-state index contributed by atoms with van der Waals surface area (Å²) in [6.07, 6.45) is 0.366. The van der Waals surface area contributed by atoms with E-state index in [0.29, 0.717) is 29.9 Å². The van der Waals surface area contributed by atoms with E-state index in [1.54, 1.807) is 19.1 Å². The SMILES string of the molecule is Cc1c(OCc2cccc(-c3cccc(C4=NNNN4)c3)c2)ccc(C(=O)CC(C)(C)C)c1O. The van der Waals surface area contributed by atoms with Crippen molar-refractivity contribution >= 4 is 11.6 Å². The molecule has 1 heterocycles. The first kappa shape index (κ1) is 23.3. The number of rotatable bonds is 7. The van der Waals surface area contributed by atoms with Gasteiger partial charge in [-0.05, 0) is 53.3 Å². The lowest BCUT2D eigenvalue weighted by molar-refractivity contribution is 0.0937. The molecule has 1 aliphatic heterocycles. The number of ether oxygens (including phenoxy) is 1. The summed E-state index contributed by atoms with van der Waals surface area (Å²) < 4.78 is 6.02. The molecule has 3 aromatic rings. The van der Waals surface area contributed by atoms with Crippen LogP contribution in [0.3, 0.4) is 0 Å². The number of hydrazone groups is 1. The molecule has 0 saturated heterocycles. The number of carbonyl (C=O) groups excluding carboxylic acids is 1. The summed E-state index contributed by atoms with van der Waals surface area (Å²) in [5.41, 5.74) is 13.2. The topological polar surface area (TPSA) is 95.0 Å². The second-order valence-corrected chi connectivity index (χ2v) is 9.64. The summed E-state index contributed by atoms with van der Waals surface area (Å²) in [5.74, 6) is 1.20. The van der Waals surface area contributed by atoms with Crippen LogP contribution in [-0.4, -0.2) is 16.7 Å². The molecule has 0 unspecified atom stereocenters. The molecule has 0 saturated carbocycles. The van der Waals surface area contributed by atoms with Gasteiger partial charge in [0.1, 0.15) is 18.1 Å². The van der Waals surface area contributed by atoms with Gasteiger partial charge < -0.3 is 9.84 Å². The maximum absolute atomic E-state index is 12.6. The Morgan fingerprint density at radius 2 is 1.71 bits per heavy atom. The van der Waals surface area contributed by atoms with E-state index < -0.39 is 0 Å². The van der Waals surface area contributed by atoms with Crippen LogP contribution < -0.4 is 21.2 Å². The van der Waals surface area contributed by atoms with E-state index in [0.717, 1.165) is 28.1 Å². The molecule has 7 nitrogen and oxygen atoms in total. The fourth-order valence-corrected chi connectivity index (χ4v) is 3.82. The Kier molecular flexibility index (Phi) is 6.56. The van der Waals surface area contributed by atoms with E-state index in [-0.39, 0.29) is 16.9 Å². The van der Waals surface area contributed by atoms with Crippen LogP contribution in [0.5, 0.6) is 11.5 Å². The third-order valence-electron chi connectivity index (χ3n) is 5.57. The van der Waals surface area contributed by atoms with Crippen LogP contribution in [0.2, 0.25) is 0 Å². The van der Waals surface area contributed by atoms with Gasteiger partial charge in [0.05, 0.1) is 5.56 Å². The van der Waals surface area contributed by atoms with E-state index in [9.17, 15) is 9.90 Å². The molecule has 0 bridgehead atoms. The van der Waals surface area contributed by atoms with Crippen LogP contribution >= 0.6 is 0 Å². The standard InChI is InChI=1S/C27H30N4O3/c1-17-24(12-11-22(25(17)33)23(32)15-27(2,3)4)34-16-18-7-5-8-19(13-18)20-9-6-10-21(14-20)26-28-30-31-29-26/h5-14,30-31,33H,15-16H2,1-4H3,(H,28,29). The van der Waals surface area contributed by atoms with Gasteiger partial charge in [-0.2, -0.15) is 0 Å². The second-order valence-electron chi connectivity index (χ2n) is 9.64. The summed E-state index contributed by atoms with van der Waals surface area (Å²) in [6.45, 7) is 8.12. The molecule has 176 valence electrons. The third-order valence-corrected chi connectivity index (χ3v) is 5.57. The minimum absolute atomic E-state index is 0.00951. The fourth-order valence-electron chi connectivity index (χ4n) is 3.82. The van der Waals surface area contributed by atoms with Gasteiger partial charge in [0, 0.05) is 17.5 Å². The minimum Gasteiger partial charge on any atom is -0.507 e. The molecular weight excluding hydrogens is 428 g/mol. The number of benzene rings is 3. The number of hydrogen-bond donors (Lipinski definition) is 4. The van der Waals surface area contributed by atoms with E-state index in [2.05, 4.69) is 45.9 Å².